The van der Waals surface area contributed by atoms with E-state index in [0.29, 0.717) is 18.7 Å². The predicted molar refractivity (Wildman–Crippen MR) is 120 cm³/mol. The average molecular weight is 476 g/mol. The normalized spacial score (nSPS) is 14.8. The molecule has 1 saturated heterocycles. The van der Waals surface area contributed by atoms with Gasteiger partial charge in [-0.25, -0.2) is 13.2 Å². The molecule has 11 heteroatoms. The summed E-state index contributed by atoms with van der Waals surface area (Å²) in [6, 6.07) is 9.54. The number of aryl methyl sites for hydroxylation is 1. The van der Waals surface area contributed by atoms with Crippen molar-refractivity contribution in [1.29, 1.82) is 0 Å². The van der Waals surface area contributed by atoms with Crippen molar-refractivity contribution < 1.29 is 27.7 Å². The number of carbonyl (C=O) groups excluding carboxylic acids is 2. The maximum Gasteiger partial charge on any atom is 0.338 e. The molecule has 1 aliphatic heterocycles. The van der Waals surface area contributed by atoms with E-state index in [-0.39, 0.29) is 21.8 Å². The maximum absolute atomic E-state index is 13.1. The first-order valence-corrected chi connectivity index (χ1v) is 11.9. The van der Waals surface area contributed by atoms with Crippen molar-refractivity contribution >= 4 is 33.3 Å². The molecule has 1 aliphatic rings. The molecule has 0 aliphatic carbocycles. The highest BCUT2D eigenvalue weighted by Gasteiger charge is 2.27. The summed E-state index contributed by atoms with van der Waals surface area (Å²) in [5.41, 5.74) is 0.490. The standard InChI is InChI=1S/C22H25N3O7S/c1-16-9-10-18(14-20(16)33(30,31)24-11-4-2-3-5-12-24)23-21(26)15-32-22(27)17-7-6-8-19(13-17)25(28)29/h6-10,13-14H,2-5,11-12,15H2,1H3,(H,23,26). The van der Waals surface area contributed by atoms with E-state index in [1.165, 1.54) is 28.6 Å². The molecule has 2 aromatic rings. The lowest BCUT2D eigenvalue weighted by Gasteiger charge is -2.21. The van der Waals surface area contributed by atoms with Gasteiger partial charge in [0.15, 0.2) is 6.61 Å². The van der Waals surface area contributed by atoms with Crippen molar-refractivity contribution in [2.45, 2.75) is 37.5 Å². The van der Waals surface area contributed by atoms with Crippen LogP contribution in [0.2, 0.25) is 0 Å². The molecule has 0 spiro atoms. The summed E-state index contributed by atoms with van der Waals surface area (Å²) in [7, 11) is -3.71. The number of nitrogens with zero attached hydrogens (tertiary/aromatic N) is 2. The molecule has 1 N–H and O–H groups in total. The van der Waals surface area contributed by atoms with Crippen LogP contribution in [0.15, 0.2) is 47.4 Å². The van der Waals surface area contributed by atoms with Gasteiger partial charge in [0, 0.05) is 30.9 Å². The Hall–Kier alpha value is -3.31. The number of hydrogen-bond donors (Lipinski definition) is 1. The summed E-state index contributed by atoms with van der Waals surface area (Å²) in [6.07, 6.45) is 3.61. The number of amides is 1. The lowest BCUT2D eigenvalue weighted by atomic mass is 10.2. The van der Waals surface area contributed by atoms with Crippen molar-refractivity contribution in [2.24, 2.45) is 0 Å². The lowest BCUT2D eigenvalue weighted by Crippen LogP contribution is -2.32. The molecule has 1 heterocycles. The molecule has 0 saturated carbocycles. The molecule has 0 aromatic heterocycles. The van der Waals surface area contributed by atoms with E-state index in [9.17, 15) is 28.1 Å². The van der Waals surface area contributed by atoms with E-state index in [1.807, 2.05) is 0 Å². The number of esters is 1. The highest BCUT2D eigenvalue weighted by molar-refractivity contribution is 7.89. The highest BCUT2D eigenvalue weighted by Crippen LogP contribution is 2.26. The monoisotopic (exact) mass is 475 g/mol. The van der Waals surface area contributed by atoms with E-state index in [0.717, 1.165) is 31.7 Å². The smallest absolute Gasteiger partial charge is 0.338 e. The van der Waals surface area contributed by atoms with Crippen LogP contribution < -0.4 is 5.32 Å². The number of nitro benzene ring substituents is 1. The van der Waals surface area contributed by atoms with E-state index >= 15 is 0 Å². The van der Waals surface area contributed by atoms with Crippen LogP contribution in [0, 0.1) is 17.0 Å². The number of sulfonamides is 1. The van der Waals surface area contributed by atoms with Crippen LogP contribution in [0.4, 0.5) is 11.4 Å². The average Bonchev–Trinajstić information content (AvgIpc) is 3.09. The molecule has 33 heavy (non-hydrogen) atoms. The van der Waals surface area contributed by atoms with Gasteiger partial charge in [0.25, 0.3) is 11.6 Å². The van der Waals surface area contributed by atoms with Gasteiger partial charge in [0.1, 0.15) is 0 Å². The first kappa shape index (κ1) is 24.3. The van der Waals surface area contributed by atoms with E-state index in [1.54, 1.807) is 19.1 Å². The molecule has 1 fully saturated rings. The first-order valence-electron chi connectivity index (χ1n) is 10.5. The molecule has 2 aromatic carbocycles. The van der Waals surface area contributed by atoms with E-state index < -0.39 is 33.4 Å². The van der Waals surface area contributed by atoms with E-state index in [2.05, 4.69) is 5.32 Å². The van der Waals surface area contributed by atoms with Gasteiger partial charge in [-0.2, -0.15) is 4.31 Å². The third-order valence-electron chi connectivity index (χ3n) is 5.28. The summed E-state index contributed by atoms with van der Waals surface area (Å²) < 4.78 is 32.7. The van der Waals surface area contributed by atoms with Gasteiger partial charge in [0.05, 0.1) is 15.4 Å². The SMILES string of the molecule is Cc1ccc(NC(=O)COC(=O)c2cccc([N+](=O)[O-])c2)cc1S(=O)(=O)N1CCCCCC1. The van der Waals surface area contributed by atoms with Gasteiger partial charge < -0.3 is 10.1 Å². The Kier molecular flexibility index (Phi) is 7.77. The zero-order valence-corrected chi connectivity index (χ0v) is 19.0. The Balaban J connectivity index is 1.66. The zero-order valence-electron chi connectivity index (χ0n) is 18.2. The summed E-state index contributed by atoms with van der Waals surface area (Å²) in [5.74, 6) is -1.56. The van der Waals surface area contributed by atoms with Crippen LogP contribution in [0.3, 0.4) is 0 Å². The summed E-state index contributed by atoms with van der Waals surface area (Å²) in [4.78, 5) is 34.7. The van der Waals surface area contributed by atoms with Crippen LogP contribution in [0.1, 0.15) is 41.6 Å². The van der Waals surface area contributed by atoms with Gasteiger partial charge in [0.2, 0.25) is 10.0 Å². The quantitative estimate of drug-likeness (QED) is 0.369. The Labute approximate surface area is 191 Å². The van der Waals surface area contributed by atoms with E-state index in [4.69, 9.17) is 4.74 Å². The topological polar surface area (TPSA) is 136 Å². The largest absolute Gasteiger partial charge is 0.452 e. The molecule has 1 amide bonds. The lowest BCUT2D eigenvalue weighted by molar-refractivity contribution is -0.384. The van der Waals surface area contributed by atoms with Gasteiger partial charge in [-0.3, -0.25) is 14.9 Å². The number of ether oxygens (including phenoxy) is 1. The number of nitrogens with one attached hydrogen (secondary N) is 1. The third kappa shape index (κ3) is 6.14. The number of non-ortho nitro benzene ring substituents is 1. The summed E-state index contributed by atoms with van der Waals surface area (Å²) >= 11 is 0. The third-order valence-corrected chi connectivity index (χ3v) is 7.32. The second-order valence-corrected chi connectivity index (χ2v) is 9.64. The van der Waals surface area contributed by atoms with Crippen molar-refractivity contribution in [3.63, 3.8) is 0 Å². The van der Waals surface area contributed by atoms with Crippen LogP contribution in [-0.4, -0.2) is 49.2 Å². The number of anilines is 1. The number of carbonyl (C=O) groups is 2. The van der Waals surface area contributed by atoms with Crippen LogP contribution >= 0.6 is 0 Å². The van der Waals surface area contributed by atoms with Gasteiger partial charge >= 0.3 is 5.97 Å². The summed E-state index contributed by atoms with van der Waals surface area (Å²) in [6.45, 7) is 1.98. The zero-order chi connectivity index (χ0) is 24.0. The predicted octanol–water partition coefficient (Wildman–Crippen LogP) is 3.26. The maximum atomic E-state index is 13.1. The van der Waals surface area contributed by atoms with Crippen LogP contribution in [0.5, 0.6) is 0 Å². The van der Waals surface area contributed by atoms with Crippen molar-refractivity contribution in [3.8, 4) is 0 Å². The minimum atomic E-state index is -3.71. The molecule has 0 unspecified atom stereocenters. The second-order valence-electron chi connectivity index (χ2n) is 7.73. The van der Waals surface area contributed by atoms with Crippen molar-refractivity contribution in [3.05, 3.63) is 63.7 Å². The van der Waals surface area contributed by atoms with Crippen molar-refractivity contribution in [1.82, 2.24) is 4.31 Å². The molecule has 0 bridgehead atoms. The fourth-order valence-electron chi connectivity index (χ4n) is 3.53. The minimum absolute atomic E-state index is 0.0573. The molecule has 0 radical (unpaired) electrons. The summed E-state index contributed by atoms with van der Waals surface area (Å²) in [5, 5.41) is 13.4. The van der Waals surface area contributed by atoms with Gasteiger partial charge in [-0.1, -0.05) is 25.0 Å². The Morgan fingerprint density at radius 2 is 1.79 bits per heavy atom. The molecular weight excluding hydrogens is 450 g/mol. The number of nitro groups is 1. The van der Waals surface area contributed by atoms with Crippen molar-refractivity contribution in [2.75, 3.05) is 25.0 Å². The number of rotatable bonds is 7. The molecule has 3 rings (SSSR count). The molecule has 176 valence electrons. The fraction of sp³-hybridized carbons (Fsp3) is 0.364. The van der Waals surface area contributed by atoms with Gasteiger partial charge in [-0.05, 0) is 43.5 Å². The highest BCUT2D eigenvalue weighted by atomic mass is 32.2. The Morgan fingerprint density at radius 3 is 2.45 bits per heavy atom. The Morgan fingerprint density at radius 1 is 1.09 bits per heavy atom. The minimum Gasteiger partial charge on any atom is -0.452 e. The van der Waals surface area contributed by atoms with Crippen LogP contribution in [-0.2, 0) is 19.6 Å². The molecule has 10 nitrogen and oxygen atoms in total. The number of benzene rings is 2. The first-order chi connectivity index (χ1) is 15.7. The molecule has 0 atom stereocenters. The van der Waals surface area contributed by atoms with Crippen LogP contribution in [0.25, 0.3) is 0 Å². The number of hydrogen-bond acceptors (Lipinski definition) is 7. The second kappa shape index (κ2) is 10.5. The molecular formula is C22H25N3O7S. The van der Waals surface area contributed by atoms with Gasteiger partial charge in [-0.15, -0.1) is 0 Å². The fourth-order valence-corrected chi connectivity index (χ4v) is 5.30. The Bertz CT molecular complexity index is 1160.